The summed E-state index contributed by atoms with van der Waals surface area (Å²) in [6.45, 7) is 4.67. The Labute approximate surface area is 149 Å². The quantitative estimate of drug-likeness (QED) is 0.342. The standard InChI is InChI=1S/C20H40N4/c1-3-5-13-16-19(4-2)17-14-11-9-7-6-8-10-12-15-18-20-21-23-24-22-20/h19H,3-18H2,1-2H3,(H,21,22,23,24). The molecule has 140 valence electrons. The van der Waals surface area contributed by atoms with Gasteiger partial charge in [0.2, 0.25) is 0 Å². The topological polar surface area (TPSA) is 54.5 Å². The molecular formula is C20H40N4. The van der Waals surface area contributed by atoms with Crippen LogP contribution >= 0.6 is 0 Å². The van der Waals surface area contributed by atoms with Crippen molar-refractivity contribution in [3.63, 3.8) is 0 Å². The summed E-state index contributed by atoms with van der Waals surface area (Å²) in [5.74, 6) is 1.85. The van der Waals surface area contributed by atoms with Crippen molar-refractivity contribution in [2.24, 2.45) is 5.92 Å². The van der Waals surface area contributed by atoms with Crippen LogP contribution in [-0.4, -0.2) is 20.6 Å². The molecule has 0 saturated heterocycles. The van der Waals surface area contributed by atoms with E-state index in [0.717, 1.165) is 18.2 Å². The van der Waals surface area contributed by atoms with E-state index in [1.54, 1.807) is 0 Å². The van der Waals surface area contributed by atoms with Gasteiger partial charge in [0.05, 0.1) is 0 Å². The highest BCUT2D eigenvalue weighted by Gasteiger charge is 2.05. The van der Waals surface area contributed by atoms with Gasteiger partial charge in [-0.25, -0.2) is 0 Å². The molecule has 4 nitrogen and oxygen atoms in total. The van der Waals surface area contributed by atoms with Gasteiger partial charge in [-0.2, -0.15) is 5.21 Å². The Morgan fingerprint density at radius 2 is 1.33 bits per heavy atom. The van der Waals surface area contributed by atoms with E-state index >= 15 is 0 Å². The molecule has 0 radical (unpaired) electrons. The van der Waals surface area contributed by atoms with E-state index in [1.807, 2.05) is 0 Å². The van der Waals surface area contributed by atoms with Crippen LogP contribution in [0.5, 0.6) is 0 Å². The fraction of sp³-hybridized carbons (Fsp3) is 0.950. The number of nitrogens with one attached hydrogen (secondary N) is 1. The molecule has 1 heterocycles. The third kappa shape index (κ3) is 11.6. The van der Waals surface area contributed by atoms with Crippen molar-refractivity contribution in [3.8, 4) is 0 Å². The SMILES string of the molecule is CCCCCC(CC)CCCCCCCCCCCc1nn[nH]n1. The van der Waals surface area contributed by atoms with Crippen LogP contribution < -0.4 is 0 Å². The number of aryl methyl sites for hydroxylation is 1. The van der Waals surface area contributed by atoms with Crippen molar-refractivity contribution >= 4 is 0 Å². The van der Waals surface area contributed by atoms with E-state index in [9.17, 15) is 0 Å². The highest BCUT2D eigenvalue weighted by atomic mass is 15.5. The first kappa shape index (κ1) is 21.1. The fourth-order valence-electron chi connectivity index (χ4n) is 3.48. The van der Waals surface area contributed by atoms with Crippen LogP contribution in [0.15, 0.2) is 0 Å². The number of hydrogen-bond acceptors (Lipinski definition) is 3. The molecule has 1 N–H and O–H groups in total. The number of H-pyrrole nitrogens is 1. The summed E-state index contributed by atoms with van der Waals surface area (Å²) in [5, 5.41) is 14.1. The second-order valence-electron chi connectivity index (χ2n) is 7.32. The average molecular weight is 337 g/mol. The van der Waals surface area contributed by atoms with Gasteiger partial charge in [-0.3, -0.25) is 0 Å². The van der Waals surface area contributed by atoms with Gasteiger partial charge < -0.3 is 0 Å². The Morgan fingerprint density at radius 1 is 0.750 bits per heavy atom. The van der Waals surface area contributed by atoms with Crippen LogP contribution in [0.25, 0.3) is 0 Å². The lowest BCUT2D eigenvalue weighted by Crippen LogP contribution is -1.99. The number of tetrazole rings is 1. The van der Waals surface area contributed by atoms with Crippen LogP contribution in [0.2, 0.25) is 0 Å². The lowest BCUT2D eigenvalue weighted by atomic mass is 9.92. The first-order valence-corrected chi connectivity index (χ1v) is 10.6. The maximum absolute atomic E-state index is 3.98. The Morgan fingerprint density at radius 3 is 1.88 bits per heavy atom. The Bertz CT molecular complexity index is 351. The second-order valence-corrected chi connectivity index (χ2v) is 7.32. The highest BCUT2D eigenvalue weighted by molar-refractivity contribution is 4.75. The first-order valence-electron chi connectivity index (χ1n) is 10.6. The van der Waals surface area contributed by atoms with Crippen molar-refractivity contribution in [2.75, 3.05) is 0 Å². The molecule has 1 aromatic heterocycles. The van der Waals surface area contributed by atoms with E-state index in [1.165, 1.54) is 96.3 Å². The molecule has 0 spiro atoms. The first-order chi connectivity index (χ1) is 11.9. The summed E-state index contributed by atoms with van der Waals surface area (Å²) >= 11 is 0. The largest absolute Gasteiger partial charge is 0.177 e. The molecular weight excluding hydrogens is 296 g/mol. The normalized spacial score (nSPS) is 12.6. The number of nitrogens with zero attached hydrogens (tertiary/aromatic N) is 3. The monoisotopic (exact) mass is 336 g/mol. The van der Waals surface area contributed by atoms with Crippen molar-refractivity contribution in [1.29, 1.82) is 0 Å². The number of hydrogen-bond donors (Lipinski definition) is 1. The van der Waals surface area contributed by atoms with Crippen LogP contribution in [-0.2, 0) is 6.42 Å². The number of unbranched alkanes of at least 4 members (excludes halogenated alkanes) is 10. The highest BCUT2D eigenvalue weighted by Crippen LogP contribution is 2.21. The molecule has 0 aromatic carbocycles. The summed E-state index contributed by atoms with van der Waals surface area (Å²) in [7, 11) is 0. The lowest BCUT2D eigenvalue weighted by molar-refractivity contribution is 0.395. The van der Waals surface area contributed by atoms with Crippen molar-refractivity contribution in [3.05, 3.63) is 5.82 Å². The molecule has 0 aliphatic carbocycles. The Hall–Kier alpha value is -0.930. The molecule has 4 heteroatoms. The maximum Gasteiger partial charge on any atom is 0.174 e. The summed E-state index contributed by atoms with van der Waals surface area (Å²) in [6, 6.07) is 0. The van der Waals surface area contributed by atoms with Gasteiger partial charge in [-0.1, -0.05) is 109 Å². The van der Waals surface area contributed by atoms with E-state index < -0.39 is 0 Å². The van der Waals surface area contributed by atoms with E-state index in [0.29, 0.717) is 0 Å². The molecule has 0 saturated carbocycles. The molecule has 0 aliphatic rings. The minimum absolute atomic E-state index is 0.857. The van der Waals surface area contributed by atoms with E-state index in [2.05, 4.69) is 34.5 Å². The van der Waals surface area contributed by atoms with Crippen LogP contribution in [0, 0.1) is 5.92 Å². The summed E-state index contributed by atoms with van der Waals surface area (Å²) < 4.78 is 0. The lowest BCUT2D eigenvalue weighted by Gasteiger charge is -2.14. The molecule has 1 atom stereocenters. The molecule has 1 rings (SSSR count). The second kappa shape index (κ2) is 15.6. The average Bonchev–Trinajstić information content (AvgIpc) is 3.11. The number of aromatic amines is 1. The maximum atomic E-state index is 3.98. The zero-order valence-corrected chi connectivity index (χ0v) is 16.2. The van der Waals surface area contributed by atoms with Gasteiger partial charge in [-0.05, 0) is 12.3 Å². The molecule has 24 heavy (non-hydrogen) atoms. The summed E-state index contributed by atoms with van der Waals surface area (Å²) in [4.78, 5) is 0. The minimum atomic E-state index is 0.857. The minimum Gasteiger partial charge on any atom is -0.177 e. The smallest absolute Gasteiger partial charge is 0.174 e. The molecule has 1 aromatic rings. The molecule has 1 unspecified atom stereocenters. The van der Waals surface area contributed by atoms with E-state index in [4.69, 9.17) is 0 Å². The summed E-state index contributed by atoms with van der Waals surface area (Å²) in [6.07, 6.45) is 21.9. The van der Waals surface area contributed by atoms with Gasteiger partial charge >= 0.3 is 0 Å². The van der Waals surface area contributed by atoms with Crippen LogP contribution in [0.1, 0.15) is 116 Å². The predicted molar refractivity (Wildman–Crippen MR) is 102 cm³/mol. The zero-order chi connectivity index (χ0) is 17.3. The Kier molecular flexibility index (Phi) is 13.7. The molecule has 0 bridgehead atoms. The van der Waals surface area contributed by atoms with Crippen LogP contribution in [0.3, 0.4) is 0 Å². The van der Waals surface area contributed by atoms with Gasteiger partial charge in [0.25, 0.3) is 0 Å². The Balaban J connectivity index is 1.79. The van der Waals surface area contributed by atoms with Crippen molar-refractivity contribution < 1.29 is 0 Å². The van der Waals surface area contributed by atoms with Gasteiger partial charge in [0.1, 0.15) is 0 Å². The fourth-order valence-corrected chi connectivity index (χ4v) is 3.48. The zero-order valence-electron chi connectivity index (χ0n) is 16.2. The molecule has 0 aliphatic heterocycles. The van der Waals surface area contributed by atoms with E-state index in [-0.39, 0.29) is 0 Å². The predicted octanol–water partition coefficient (Wildman–Crippen LogP) is 6.25. The van der Waals surface area contributed by atoms with Gasteiger partial charge in [0, 0.05) is 6.42 Å². The molecule has 0 amide bonds. The van der Waals surface area contributed by atoms with Crippen molar-refractivity contribution in [2.45, 2.75) is 117 Å². The van der Waals surface area contributed by atoms with Crippen molar-refractivity contribution in [1.82, 2.24) is 20.6 Å². The third-order valence-electron chi connectivity index (χ3n) is 5.20. The number of rotatable bonds is 17. The van der Waals surface area contributed by atoms with Gasteiger partial charge in [-0.15, -0.1) is 10.2 Å². The molecule has 0 fully saturated rings. The summed E-state index contributed by atoms with van der Waals surface area (Å²) in [5.41, 5.74) is 0. The third-order valence-corrected chi connectivity index (χ3v) is 5.20. The number of aromatic nitrogens is 4. The van der Waals surface area contributed by atoms with Crippen LogP contribution in [0.4, 0.5) is 0 Å². The van der Waals surface area contributed by atoms with Gasteiger partial charge in [0.15, 0.2) is 5.82 Å².